The molecule has 0 spiro atoms. The lowest BCUT2D eigenvalue weighted by atomic mass is 10.2. The zero-order valence-corrected chi connectivity index (χ0v) is 17.2. The van der Waals surface area contributed by atoms with Crippen LogP contribution in [0.2, 0.25) is 0 Å². The molecule has 1 heterocycles. The summed E-state index contributed by atoms with van der Waals surface area (Å²) in [5, 5.41) is 22.3. The topological polar surface area (TPSA) is 94.1 Å². The minimum Gasteiger partial charge on any atom is -0.497 e. The second-order valence-electron chi connectivity index (χ2n) is 6.28. The van der Waals surface area contributed by atoms with Crippen molar-refractivity contribution >= 4 is 6.09 Å². The van der Waals surface area contributed by atoms with Crippen LogP contribution in [0.3, 0.4) is 0 Å². The Balaban J connectivity index is 0.000000395. The summed E-state index contributed by atoms with van der Waals surface area (Å²) < 4.78 is 4.97. The van der Waals surface area contributed by atoms with Crippen molar-refractivity contribution in [2.75, 3.05) is 46.4 Å². The number of rotatable bonds is 7. The molecular weight excluding hydrogens is 346 g/mol. The van der Waals surface area contributed by atoms with Crippen LogP contribution in [0.1, 0.15) is 32.3 Å². The van der Waals surface area contributed by atoms with Crippen LogP contribution >= 0.6 is 0 Å². The summed E-state index contributed by atoms with van der Waals surface area (Å²) in [4.78, 5) is 12.3. The molecule has 0 radical (unpaired) electrons. The third kappa shape index (κ3) is 15.0. The average molecular weight is 384 g/mol. The fourth-order valence-electron chi connectivity index (χ4n) is 2.35. The monoisotopic (exact) mass is 383 g/mol. The number of methoxy groups -OCH3 is 1. The first kappa shape index (κ1) is 25.2. The van der Waals surface area contributed by atoms with Gasteiger partial charge in [0.1, 0.15) is 5.75 Å². The molecule has 0 saturated carbocycles. The van der Waals surface area contributed by atoms with E-state index in [0.717, 1.165) is 51.3 Å². The highest BCUT2D eigenvalue weighted by atomic mass is 16.5. The van der Waals surface area contributed by atoms with Gasteiger partial charge in [0.2, 0.25) is 0 Å². The predicted molar refractivity (Wildman–Crippen MR) is 110 cm³/mol. The zero-order chi connectivity index (χ0) is 20.5. The van der Waals surface area contributed by atoms with Crippen molar-refractivity contribution in [1.29, 1.82) is 0 Å². The number of β-amino-alcohol motifs (C(OH)–C–C–N with tert-alkyl or cyclic N) is 1. The van der Waals surface area contributed by atoms with Gasteiger partial charge in [-0.15, -0.1) is 0 Å². The molecule has 1 saturated heterocycles. The van der Waals surface area contributed by atoms with Crippen LogP contribution in [0, 0.1) is 6.92 Å². The van der Waals surface area contributed by atoms with Gasteiger partial charge < -0.3 is 30.5 Å². The van der Waals surface area contributed by atoms with Crippen molar-refractivity contribution in [2.45, 2.75) is 39.7 Å². The van der Waals surface area contributed by atoms with Crippen LogP contribution < -0.4 is 15.4 Å². The summed E-state index contributed by atoms with van der Waals surface area (Å²) in [5.41, 5.74) is 1.26. The Labute approximate surface area is 163 Å². The van der Waals surface area contributed by atoms with Gasteiger partial charge >= 0.3 is 6.09 Å². The minimum absolute atomic E-state index is 0.0648. The Kier molecular flexibility index (Phi) is 15.2. The summed E-state index contributed by atoms with van der Waals surface area (Å²) in [6, 6.07) is 7.96. The molecule has 1 aliphatic rings. The molecule has 156 valence electrons. The lowest BCUT2D eigenvalue weighted by Gasteiger charge is -2.17. The molecule has 1 fully saturated rings. The van der Waals surface area contributed by atoms with Gasteiger partial charge in [0.15, 0.2) is 0 Å². The van der Waals surface area contributed by atoms with Crippen molar-refractivity contribution in [1.82, 2.24) is 15.5 Å². The number of nitrogens with one attached hydrogen (secondary N) is 2. The maximum Gasteiger partial charge on any atom is 0.404 e. The van der Waals surface area contributed by atoms with Gasteiger partial charge in [0.05, 0.1) is 13.2 Å². The van der Waals surface area contributed by atoms with Crippen LogP contribution in [0.4, 0.5) is 4.79 Å². The van der Waals surface area contributed by atoms with Crippen LogP contribution in [0.5, 0.6) is 5.75 Å². The van der Waals surface area contributed by atoms with E-state index in [1.165, 1.54) is 5.56 Å². The van der Waals surface area contributed by atoms with Crippen LogP contribution in [0.25, 0.3) is 0 Å². The molecule has 1 aromatic rings. The Hall–Kier alpha value is -1.83. The molecule has 7 heteroatoms. The summed E-state index contributed by atoms with van der Waals surface area (Å²) in [6.07, 6.45) is 0.813. The van der Waals surface area contributed by atoms with E-state index < -0.39 is 6.09 Å². The van der Waals surface area contributed by atoms with E-state index in [1.54, 1.807) is 7.11 Å². The number of carbonyl (C=O) groups is 1. The number of hydrogen-bond donors (Lipinski definition) is 4. The standard InChI is InChI=1S/C8H18N2O2.C8H10O.C4H9NO/c1-3-10(4-2)7-5-6-9-8(11)12;1-7-3-5-8(9-2)6-4-7;6-4-1-2-5-3-4/h9H,3-7H2,1-2H3,(H,11,12);3-6H,1-2H3;4-6H,1-3H2. The van der Waals surface area contributed by atoms with E-state index in [2.05, 4.69) is 36.3 Å². The van der Waals surface area contributed by atoms with Gasteiger partial charge in [-0.3, -0.25) is 0 Å². The number of aryl methyl sites for hydroxylation is 1. The lowest BCUT2D eigenvalue weighted by molar-refractivity contribution is 0.193. The third-order valence-corrected chi connectivity index (χ3v) is 4.11. The van der Waals surface area contributed by atoms with Crippen LogP contribution in [-0.2, 0) is 0 Å². The number of carboxylic acid groups (broad SMARTS) is 1. The highest BCUT2D eigenvalue weighted by molar-refractivity contribution is 5.64. The maximum absolute atomic E-state index is 10.1. The Morgan fingerprint density at radius 3 is 2.30 bits per heavy atom. The van der Waals surface area contributed by atoms with Crippen LogP contribution in [0.15, 0.2) is 24.3 Å². The van der Waals surface area contributed by atoms with Gasteiger partial charge in [-0.25, -0.2) is 4.79 Å². The fraction of sp³-hybridized carbons (Fsp3) is 0.650. The van der Waals surface area contributed by atoms with E-state index in [9.17, 15) is 4.79 Å². The molecule has 1 unspecified atom stereocenters. The van der Waals surface area contributed by atoms with Crippen LogP contribution in [-0.4, -0.2) is 73.7 Å². The Morgan fingerprint density at radius 2 is 1.93 bits per heavy atom. The molecule has 0 bridgehead atoms. The first-order valence-corrected chi connectivity index (χ1v) is 9.61. The molecule has 1 aromatic carbocycles. The van der Waals surface area contributed by atoms with E-state index in [4.69, 9.17) is 14.9 Å². The third-order valence-electron chi connectivity index (χ3n) is 4.11. The van der Waals surface area contributed by atoms with Crippen molar-refractivity contribution in [3.05, 3.63) is 29.8 Å². The predicted octanol–water partition coefficient (Wildman–Crippen LogP) is 2.33. The maximum atomic E-state index is 10.1. The summed E-state index contributed by atoms with van der Waals surface area (Å²) >= 11 is 0. The van der Waals surface area contributed by atoms with Gasteiger partial charge in [-0.2, -0.15) is 0 Å². The summed E-state index contributed by atoms with van der Waals surface area (Å²) in [6.45, 7) is 11.6. The van der Waals surface area contributed by atoms with Gasteiger partial charge in [0.25, 0.3) is 0 Å². The van der Waals surface area contributed by atoms with E-state index in [1.807, 2.05) is 24.3 Å². The van der Waals surface area contributed by atoms with Crippen molar-refractivity contribution in [2.24, 2.45) is 0 Å². The highest BCUT2D eigenvalue weighted by Gasteiger charge is 2.08. The molecule has 1 amide bonds. The second kappa shape index (κ2) is 16.4. The Morgan fingerprint density at radius 1 is 1.30 bits per heavy atom. The fourth-order valence-corrected chi connectivity index (χ4v) is 2.35. The molecule has 27 heavy (non-hydrogen) atoms. The first-order chi connectivity index (χ1) is 12.9. The number of amides is 1. The molecule has 4 N–H and O–H groups in total. The molecule has 1 aliphatic heterocycles. The van der Waals surface area contributed by atoms with Crippen molar-refractivity contribution in [3.63, 3.8) is 0 Å². The number of aliphatic hydroxyl groups is 1. The molecule has 2 rings (SSSR count). The Bertz CT molecular complexity index is 473. The average Bonchev–Trinajstić information content (AvgIpc) is 3.14. The number of benzene rings is 1. The van der Waals surface area contributed by atoms with Crippen molar-refractivity contribution in [3.8, 4) is 5.75 Å². The normalized spacial score (nSPS) is 15.3. The van der Waals surface area contributed by atoms with E-state index in [0.29, 0.717) is 6.54 Å². The molecule has 0 aliphatic carbocycles. The molecular formula is C20H37N3O4. The largest absolute Gasteiger partial charge is 0.497 e. The van der Waals surface area contributed by atoms with E-state index in [-0.39, 0.29) is 6.10 Å². The molecule has 7 nitrogen and oxygen atoms in total. The SMILES string of the molecule is CCN(CC)CCCNC(=O)O.COc1ccc(C)cc1.OC1CCNC1. The minimum atomic E-state index is -0.936. The van der Waals surface area contributed by atoms with Gasteiger partial charge in [-0.05, 0) is 58.1 Å². The van der Waals surface area contributed by atoms with Gasteiger partial charge in [-0.1, -0.05) is 31.5 Å². The molecule has 1 atom stereocenters. The quantitative estimate of drug-likeness (QED) is 0.540. The van der Waals surface area contributed by atoms with Gasteiger partial charge in [0, 0.05) is 13.1 Å². The van der Waals surface area contributed by atoms with Crippen molar-refractivity contribution < 1.29 is 19.7 Å². The lowest BCUT2D eigenvalue weighted by Crippen LogP contribution is -2.28. The number of aliphatic hydroxyl groups excluding tert-OH is 1. The zero-order valence-electron chi connectivity index (χ0n) is 17.2. The number of nitrogens with zero attached hydrogens (tertiary/aromatic N) is 1. The summed E-state index contributed by atoms with van der Waals surface area (Å²) in [7, 11) is 1.67. The smallest absolute Gasteiger partial charge is 0.404 e. The number of hydrogen-bond acceptors (Lipinski definition) is 5. The first-order valence-electron chi connectivity index (χ1n) is 9.61. The highest BCUT2D eigenvalue weighted by Crippen LogP contribution is 2.09. The van der Waals surface area contributed by atoms with E-state index >= 15 is 0 Å². The summed E-state index contributed by atoms with van der Waals surface area (Å²) in [5.74, 6) is 0.917. The number of ether oxygens (including phenoxy) is 1. The second-order valence-corrected chi connectivity index (χ2v) is 6.28. The molecule has 0 aromatic heterocycles.